The van der Waals surface area contributed by atoms with Gasteiger partial charge in [-0.05, 0) is 17.7 Å². The monoisotopic (exact) mass is 332 g/mol. The molecule has 0 atom stereocenters. The Hall–Kier alpha value is -2.13. The van der Waals surface area contributed by atoms with Crippen LogP contribution in [0.25, 0.3) is 0 Å². The van der Waals surface area contributed by atoms with Crippen LogP contribution in [-0.2, 0) is 0 Å². The normalized spacial score (nSPS) is 10.9. The Balaban J connectivity index is 2.13. The number of hydrogen-bond donors (Lipinski definition) is 1. The summed E-state index contributed by atoms with van der Waals surface area (Å²) >= 11 is 3.39. The van der Waals surface area contributed by atoms with Crippen molar-refractivity contribution >= 4 is 28.0 Å². The summed E-state index contributed by atoms with van der Waals surface area (Å²) in [5.41, 5.74) is 3.84. The number of halogens is 1. The lowest BCUT2D eigenvalue weighted by molar-refractivity contribution is 0.481. The molecule has 0 saturated carbocycles. The molecule has 5 nitrogen and oxygen atoms in total. The molecular weight excluding hydrogens is 320 g/mol. The molecule has 2 rings (SSSR count). The van der Waals surface area contributed by atoms with Crippen LogP contribution in [0.15, 0.2) is 38.3 Å². The van der Waals surface area contributed by atoms with Crippen LogP contribution in [-0.4, -0.2) is 11.2 Å². The van der Waals surface area contributed by atoms with Gasteiger partial charge in [0.25, 0.3) is 5.88 Å². The molecule has 0 aliphatic rings. The van der Waals surface area contributed by atoms with Gasteiger partial charge in [0.2, 0.25) is 11.6 Å². The third-order valence-electron chi connectivity index (χ3n) is 2.47. The van der Waals surface area contributed by atoms with Gasteiger partial charge in [-0.3, -0.25) is 0 Å². The van der Waals surface area contributed by atoms with Gasteiger partial charge in [-0.25, -0.2) is 10.4 Å². The van der Waals surface area contributed by atoms with E-state index in [1.54, 1.807) is 6.21 Å². The zero-order valence-corrected chi connectivity index (χ0v) is 12.7. The molecule has 0 bridgehead atoms. The predicted molar refractivity (Wildman–Crippen MR) is 80.7 cm³/mol. The van der Waals surface area contributed by atoms with Crippen molar-refractivity contribution in [3.63, 3.8) is 0 Å². The summed E-state index contributed by atoms with van der Waals surface area (Å²) in [5.74, 6) is 0.899. The van der Waals surface area contributed by atoms with Crippen LogP contribution in [0.5, 0.6) is 0 Å². The fraction of sp³-hybridized carbons (Fsp3) is 0.214. The minimum Gasteiger partial charge on any atom is -0.422 e. The Morgan fingerprint density at radius 1 is 1.50 bits per heavy atom. The van der Waals surface area contributed by atoms with Crippen LogP contribution < -0.4 is 5.43 Å². The standard InChI is InChI=1S/C14H13BrN4O/c1-9(2)13-18-12(7-16)14(20-13)19-17-8-10-4-3-5-11(15)6-10/h3-6,8-9,19H,1-2H3/b17-8+. The van der Waals surface area contributed by atoms with Crippen molar-refractivity contribution in [1.29, 1.82) is 5.26 Å². The van der Waals surface area contributed by atoms with Crippen LogP contribution in [0.3, 0.4) is 0 Å². The van der Waals surface area contributed by atoms with Gasteiger partial charge >= 0.3 is 0 Å². The maximum absolute atomic E-state index is 9.00. The lowest BCUT2D eigenvalue weighted by Gasteiger charge is -1.97. The molecule has 0 unspecified atom stereocenters. The summed E-state index contributed by atoms with van der Waals surface area (Å²) in [7, 11) is 0. The molecule has 2 aromatic rings. The van der Waals surface area contributed by atoms with Gasteiger partial charge in [0.15, 0.2) is 0 Å². The summed E-state index contributed by atoms with van der Waals surface area (Å²) in [6, 6.07) is 9.67. The van der Waals surface area contributed by atoms with Crippen molar-refractivity contribution in [2.45, 2.75) is 19.8 Å². The molecule has 102 valence electrons. The van der Waals surface area contributed by atoms with E-state index in [4.69, 9.17) is 9.68 Å². The zero-order valence-electron chi connectivity index (χ0n) is 11.1. The Kier molecular flexibility index (Phi) is 4.53. The Labute approximate surface area is 125 Å². The summed E-state index contributed by atoms with van der Waals surface area (Å²) in [4.78, 5) is 4.10. The molecule has 0 aliphatic carbocycles. The molecule has 20 heavy (non-hydrogen) atoms. The predicted octanol–water partition coefficient (Wildman–Crippen LogP) is 3.88. The second-order valence-electron chi connectivity index (χ2n) is 4.42. The Bertz CT molecular complexity index is 670. The number of hydrazone groups is 1. The smallest absolute Gasteiger partial charge is 0.252 e. The van der Waals surface area contributed by atoms with Gasteiger partial charge in [-0.2, -0.15) is 10.4 Å². The fourth-order valence-corrected chi connectivity index (χ4v) is 1.90. The highest BCUT2D eigenvalue weighted by atomic mass is 79.9. The van der Waals surface area contributed by atoms with Crippen LogP contribution in [0.4, 0.5) is 5.88 Å². The highest BCUT2D eigenvalue weighted by Gasteiger charge is 2.14. The summed E-state index contributed by atoms with van der Waals surface area (Å²) in [6.07, 6.45) is 1.64. The quantitative estimate of drug-likeness (QED) is 0.681. The van der Waals surface area contributed by atoms with Crippen molar-refractivity contribution in [2.24, 2.45) is 5.10 Å². The second kappa shape index (κ2) is 6.35. The van der Waals surface area contributed by atoms with E-state index in [1.807, 2.05) is 44.2 Å². The summed E-state index contributed by atoms with van der Waals surface area (Å²) < 4.78 is 6.43. The maximum Gasteiger partial charge on any atom is 0.252 e. The van der Waals surface area contributed by atoms with Crippen LogP contribution in [0.1, 0.15) is 36.9 Å². The zero-order chi connectivity index (χ0) is 14.5. The second-order valence-corrected chi connectivity index (χ2v) is 5.34. The van der Waals surface area contributed by atoms with Gasteiger partial charge in [0.05, 0.1) is 6.21 Å². The number of anilines is 1. The molecule has 1 N–H and O–H groups in total. The molecule has 0 saturated heterocycles. The van der Waals surface area contributed by atoms with E-state index < -0.39 is 0 Å². The lowest BCUT2D eigenvalue weighted by atomic mass is 10.2. The SMILES string of the molecule is CC(C)c1nc(C#N)c(N/N=C/c2cccc(Br)c2)o1. The third kappa shape index (κ3) is 3.45. The summed E-state index contributed by atoms with van der Waals surface area (Å²) in [5, 5.41) is 13.0. The minimum absolute atomic E-state index is 0.117. The highest BCUT2D eigenvalue weighted by molar-refractivity contribution is 9.10. The van der Waals surface area contributed by atoms with E-state index in [-0.39, 0.29) is 17.5 Å². The number of nitriles is 1. The lowest BCUT2D eigenvalue weighted by Crippen LogP contribution is -1.91. The average Bonchev–Trinajstić information content (AvgIpc) is 2.82. The number of aromatic nitrogens is 1. The highest BCUT2D eigenvalue weighted by Crippen LogP contribution is 2.22. The summed E-state index contributed by atoms with van der Waals surface area (Å²) in [6.45, 7) is 3.89. The molecule has 0 spiro atoms. The topological polar surface area (TPSA) is 74.2 Å². The first kappa shape index (κ1) is 14.3. The number of nitrogens with one attached hydrogen (secondary N) is 1. The Morgan fingerprint density at radius 3 is 2.95 bits per heavy atom. The average molecular weight is 333 g/mol. The van der Waals surface area contributed by atoms with E-state index >= 15 is 0 Å². The van der Waals surface area contributed by atoms with E-state index in [0.717, 1.165) is 10.0 Å². The van der Waals surface area contributed by atoms with Crippen molar-refractivity contribution in [3.05, 3.63) is 45.9 Å². The van der Waals surface area contributed by atoms with E-state index in [0.29, 0.717) is 5.89 Å². The molecule has 1 heterocycles. The van der Waals surface area contributed by atoms with E-state index in [9.17, 15) is 0 Å². The minimum atomic E-state index is 0.117. The van der Waals surface area contributed by atoms with Crippen molar-refractivity contribution in [3.8, 4) is 6.07 Å². The maximum atomic E-state index is 9.00. The molecule has 6 heteroatoms. The van der Waals surface area contributed by atoms with Crippen molar-refractivity contribution in [2.75, 3.05) is 5.43 Å². The van der Waals surface area contributed by atoms with Crippen molar-refractivity contribution < 1.29 is 4.42 Å². The first-order chi connectivity index (χ1) is 9.60. The van der Waals surface area contributed by atoms with Crippen LogP contribution in [0.2, 0.25) is 0 Å². The molecule has 0 radical (unpaired) electrons. The van der Waals surface area contributed by atoms with Gasteiger partial charge in [0, 0.05) is 10.4 Å². The number of oxazole rings is 1. The first-order valence-corrected chi connectivity index (χ1v) is 6.85. The molecule has 1 aromatic heterocycles. The van der Waals surface area contributed by atoms with Gasteiger partial charge in [-0.1, -0.05) is 41.9 Å². The van der Waals surface area contributed by atoms with Crippen LogP contribution >= 0.6 is 15.9 Å². The van der Waals surface area contributed by atoms with E-state index in [1.165, 1.54) is 0 Å². The number of benzene rings is 1. The number of rotatable bonds is 4. The van der Waals surface area contributed by atoms with E-state index in [2.05, 4.69) is 31.4 Å². The van der Waals surface area contributed by atoms with Gasteiger partial charge < -0.3 is 4.42 Å². The number of hydrogen-bond acceptors (Lipinski definition) is 5. The molecule has 0 aliphatic heterocycles. The van der Waals surface area contributed by atoms with Gasteiger partial charge in [0.1, 0.15) is 6.07 Å². The molecule has 0 amide bonds. The largest absolute Gasteiger partial charge is 0.422 e. The molecular formula is C14H13BrN4O. The Morgan fingerprint density at radius 2 is 2.30 bits per heavy atom. The van der Waals surface area contributed by atoms with Crippen molar-refractivity contribution in [1.82, 2.24) is 4.98 Å². The number of nitrogens with zero attached hydrogens (tertiary/aromatic N) is 3. The fourth-order valence-electron chi connectivity index (χ4n) is 1.49. The first-order valence-electron chi connectivity index (χ1n) is 6.05. The molecule has 1 aromatic carbocycles. The van der Waals surface area contributed by atoms with Gasteiger partial charge in [-0.15, -0.1) is 0 Å². The third-order valence-corrected chi connectivity index (χ3v) is 2.97. The van der Waals surface area contributed by atoms with Crippen LogP contribution in [0, 0.1) is 11.3 Å². The molecule has 0 fully saturated rings.